The van der Waals surface area contributed by atoms with Crippen LogP contribution in [0.4, 0.5) is 0 Å². The summed E-state index contributed by atoms with van der Waals surface area (Å²) in [5.41, 5.74) is 1.29. The molecule has 1 N–H and O–H groups in total. The second-order valence-electron chi connectivity index (χ2n) is 2.59. The van der Waals surface area contributed by atoms with Gasteiger partial charge in [0, 0.05) is 18.8 Å². The third kappa shape index (κ3) is 2.08. The van der Waals surface area contributed by atoms with Crippen molar-refractivity contribution in [2.75, 3.05) is 0 Å². The molecular weight excluding hydrogens is 166 g/mol. The van der Waals surface area contributed by atoms with Gasteiger partial charge in [0.15, 0.2) is 0 Å². The normalized spacial score (nSPS) is 9.00. The zero-order chi connectivity index (χ0) is 9.68. The summed E-state index contributed by atoms with van der Waals surface area (Å²) >= 11 is 0. The standard InChI is InChI=1S/C9H9N.CH2O2/c1-10-7-6-8-4-2-3-5-9(8)10;2-1-3/h2-7H,1H3;1H,(H,2,3). The lowest BCUT2D eigenvalue weighted by Crippen LogP contribution is -1.81. The molecule has 1 aromatic heterocycles. The third-order valence-electron chi connectivity index (χ3n) is 1.79. The molecule has 2 aromatic rings. The van der Waals surface area contributed by atoms with E-state index in [-0.39, 0.29) is 6.47 Å². The van der Waals surface area contributed by atoms with Gasteiger partial charge in [-0.3, -0.25) is 4.79 Å². The van der Waals surface area contributed by atoms with Gasteiger partial charge in [-0.1, -0.05) is 18.2 Å². The molecule has 0 amide bonds. The van der Waals surface area contributed by atoms with Crippen molar-refractivity contribution in [1.29, 1.82) is 0 Å². The molecule has 0 bridgehead atoms. The first-order valence-electron chi connectivity index (χ1n) is 3.87. The number of aromatic nitrogens is 1. The summed E-state index contributed by atoms with van der Waals surface area (Å²) < 4.78 is 2.12. The molecule has 0 aliphatic carbocycles. The number of para-hydroxylation sites is 1. The first-order chi connectivity index (χ1) is 6.29. The lowest BCUT2D eigenvalue weighted by atomic mass is 10.2. The van der Waals surface area contributed by atoms with Gasteiger partial charge in [-0.25, -0.2) is 0 Å². The average molecular weight is 177 g/mol. The van der Waals surface area contributed by atoms with Crippen molar-refractivity contribution < 1.29 is 9.90 Å². The summed E-state index contributed by atoms with van der Waals surface area (Å²) in [5, 5.41) is 8.20. The molecule has 0 aliphatic rings. The lowest BCUT2D eigenvalue weighted by Gasteiger charge is -1.92. The maximum absolute atomic E-state index is 8.36. The van der Waals surface area contributed by atoms with Gasteiger partial charge in [-0.15, -0.1) is 0 Å². The number of carboxylic acid groups (broad SMARTS) is 1. The zero-order valence-corrected chi connectivity index (χ0v) is 7.34. The topological polar surface area (TPSA) is 42.2 Å². The van der Waals surface area contributed by atoms with E-state index in [1.54, 1.807) is 0 Å². The fourth-order valence-corrected chi connectivity index (χ4v) is 1.22. The second kappa shape index (κ2) is 4.30. The maximum Gasteiger partial charge on any atom is 0.290 e. The molecule has 0 atom stereocenters. The van der Waals surface area contributed by atoms with E-state index in [1.165, 1.54) is 10.9 Å². The Bertz CT molecular complexity index is 392. The van der Waals surface area contributed by atoms with E-state index in [9.17, 15) is 0 Å². The highest BCUT2D eigenvalue weighted by Gasteiger charge is 1.92. The molecule has 0 saturated carbocycles. The molecule has 0 unspecified atom stereocenters. The Morgan fingerprint density at radius 3 is 2.54 bits per heavy atom. The van der Waals surface area contributed by atoms with Crippen LogP contribution in [0.5, 0.6) is 0 Å². The number of rotatable bonds is 0. The minimum atomic E-state index is -0.250. The lowest BCUT2D eigenvalue weighted by molar-refractivity contribution is -0.122. The van der Waals surface area contributed by atoms with E-state index >= 15 is 0 Å². The van der Waals surface area contributed by atoms with Crippen LogP contribution in [0.2, 0.25) is 0 Å². The number of carbonyl (C=O) groups is 1. The molecule has 13 heavy (non-hydrogen) atoms. The summed E-state index contributed by atoms with van der Waals surface area (Å²) in [6, 6.07) is 10.5. The van der Waals surface area contributed by atoms with Crippen LogP contribution in [-0.4, -0.2) is 16.1 Å². The molecule has 3 nitrogen and oxygen atoms in total. The minimum Gasteiger partial charge on any atom is -0.483 e. The quantitative estimate of drug-likeness (QED) is 0.624. The molecule has 68 valence electrons. The predicted octanol–water partition coefficient (Wildman–Crippen LogP) is 1.88. The Morgan fingerprint density at radius 1 is 1.31 bits per heavy atom. The highest BCUT2D eigenvalue weighted by atomic mass is 16.3. The fourth-order valence-electron chi connectivity index (χ4n) is 1.22. The monoisotopic (exact) mass is 177 g/mol. The number of hydrogen-bond acceptors (Lipinski definition) is 1. The number of hydrogen-bond donors (Lipinski definition) is 1. The van der Waals surface area contributed by atoms with E-state index < -0.39 is 0 Å². The van der Waals surface area contributed by atoms with Gasteiger partial charge in [-0.05, 0) is 17.5 Å². The van der Waals surface area contributed by atoms with Crippen LogP contribution < -0.4 is 0 Å². The molecule has 3 heteroatoms. The van der Waals surface area contributed by atoms with Gasteiger partial charge >= 0.3 is 0 Å². The first-order valence-corrected chi connectivity index (χ1v) is 3.87. The van der Waals surface area contributed by atoms with E-state index in [0.717, 1.165) is 0 Å². The summed E-state index contributed by atoms with van der Waals surface area (Å²) in [7, 11) is 2.06. The van der Waals surface area contributed by atoms with Crippen molar-refractivity contribution in [3.05, 3.63) is 36.5 Å². The van der Waals surface area contributed by atoms with Crippen molar-refractivity contribution in [2.45, 2.75) is 0 Å². The third-order valence-corrected chi connectivity index (χ3v) is 1.79. The number of benzene rings is 1. The minimum absolute atomic E-state index is 0.250. The van der Waals surface area contributed by atoms with E-state index in [2.05, 4.69) is 48.1 Å². The number of fused-ring (bicyclic) bond motifs is 1. The summed E-state index contributed by atoms with van der Waals surface area (Å²) in [6.07, 6.45) is 2.07. The Morgan fingerprint density at radius 2 is 1.92 bits per heavy atom. The second-order valence-corrected chi connectivity index (χ2v) is 2.59. The van der Waals surface area contributed by atoms with Gasteiger partial charge in [0.05, 0.1) is 0 Å². The van der Waals surface area contributed by atoms with Crippen molar-refractivity contribution in [3.63, 3.8) is 0 Å². The number of aryl methyl sites for hydroxylation is 1. The van der Waals surface area contributed by atoms with Crippen LogP contribution in [0, 0.1) is 0 Å². The van der Waals surface area contributed by atoms with Gasteiger partial charge < -0.3 is 9.67 Å². The van der Waals surface area contributed by atoms with Gasteiger partial charge in [0.25, 0.3) is 6.47 Å². The average Bonchev–Trinajstić information content (AvgIpc) is 2.50. The SMILES string of the molecule is Cn1ccc2ccccc21.O=CO. The van der Waals surface area contributed by atoms with E-state index in [0.29, 0.717) is 0 Å². The Kier molecular flexibility index (Phi) is 3.09. The largest absolute Gasteiger partial charge is 0.483 e. The van der Waals surface area contributed by atoms with Crippen LogP contribution in [0.1, 0.15) is 0 Å². The van der Waals surface area contributed by atoms with Crippen LogP contribution in [0.15, 0.2) is 36.5 Å². The summed E-state index contributed by atoms with van der Waals surface area (Å²) in [5.74, 6) is 0. The van der Waals surface area contributed by atoms with Gasteiger partial charge in [0.1, 0.15) is 0 Å². The Labute approximate surface area is 76.2 Å². The van der Waals surface area contributed by atoms with Gasteiger partial charge in [0.2, 0.25) is 0 Å². The van der Waals surface area contributed by atoms with Crippen molar-refractivity contribution in [1.82, 2.24) is 4.57 Å². The molecule has 2 rings (SSSR count). The van der Waals surface area contributed by atoms with Crippen LogP contribution in [-0.2, 0) is 11.8 Å². The molecule has 0 fully saturated rings. The smallest absolute Gasteiger partial charge is 0.290 e. The predicted molar refractivity (Wildman–Crippen MR) is 51.6 cm³/mol. The molecular formula is C10H11NO2. The highest BCUT2D eigenvalue weighted by molar-refractivity contribution is 5.79. The summed E-state index contributed by atoms with van der Waals surface area (Å²) in [6.45, 7) is -0.250. The van der Waals surface area contributed by atoms with E-state index in [1.807, 2.05) is 0 Å². The summed E-state index contributed by atoms with van der Waals surface area (Å²) in [4.78, 5) is 8.36. The Balaban J connectivity index is 0.000000251. The molecule has 0 aliphatic heterocycles. The molecule has 0 saturated heterocycles. The Hall–Kier alpha value is -1.77. The van der Waals surface area contributed by atoms with Crippen LogP contribution in [0.3, 0.4) is 0 Å². The van der Waals surface area contributed by atoms with E-state index in [4.69, 9.17) is 9.90 Å². The van der Waals surface area contributed by atoms with Crippen LogP contribution >= 0.6 is 0 Å². The maximum atomic E-state index is 8.36. The fraction of sp³-hybridized carbons (Fsp3) is 0.100. The number of nitrogens with zero attached hydrogens (tertiary/aromatic N) is 1. The molecule has 0 radical (unpaired) electrons. The van der Waals surface area contributed by atoms with Crippen molar-refractivity contribution >= 4 is 17.4 Å². The first kappa shape index (κ1) is 9.32. The van der Waals surface area contributed by atoms with Gasteiger partial charge in [-0.2, -0.15) is 0 Å². The zero-order valence-electron chi connectivity index (χ0n) is 7.34. The highest BCUT2D eigenvalue weighted by Crippen LogP contribution is 2.12. The molecule has 1 heterocycles. The van der Waals surface area contributed by atoms with Crippen LogP contribution in [0.25, 0.3) is 10.9 Å². The molecule has 0 spiro atoms. The van der Waals surface area contributed by atoms with Crippen molar-refractivity contribution in [3.8, 4) is 0 Å². The van der Waals surface area contributed by atoms with Crippen molar-refractivity contribution in [2.24, 2.45) is 7.05 Å². The molecule has 1 aromatic carbocycles.